The van der Waals surface area contributed by atoms with Crippen molar-refractivity contribution in [2.45, 2.75) is 64.8 Å². The maximum Gasteiger partial charge on any atom is 0.00696 e. The van der Waals surface area contributed by atoms with Gasteiger partial charge in [-0.3, -0.25) is 0 Å². The Bertz CT molecular complexity index is 122. The number of hydrogen-bond donors (Lipinski definition) is 1. The predicted molar refractivity (Wildman–Crippen MR) is 58.9 cm³/mol. The average molecular weight is 183 g/mol. The van der Waals surface area contributed by atoms with E-state index < -0.39 is 0 Å². The molecule has 1 nitrogen and oxygen atoms in total. The first-order valence-electron chi connectivity index (χ1n) is 6.06. The smallest absolute Gasteiger partial charge is 0.00696 e. The molecular formula is C12H25N. The summed E-state index contributed by atoms with van der Waals surface area (Å²) in [4.78, 5) is 0. The second-order valence-corrected chi connectivity index (χ2v) is 4.63. The Hall–Kier alpha value is -0.0400. The summed E-state index contributed by atoms with van der Waals surface area (Å²) in [6.07, 6.45) is 9.79. The van der Waals surface area contributed by atoms with Crippen LogP contribution in [-0.2, 0) is 0 Å². The van der Waals surface area contributed by atoms with E-state index in [0.717, 1.165) is 12.0 Å². The highest BCUT2D eigenvalue weighted by molar-refractivity contribution is 4.77. The maximum absolute atomic E-state index is 3.67. The predicted octanol–water partition coefficient (Wildman–Crippen LogP) is 3.34. The molecule has 1 fully saturated rings. The molecule has 78 valence electrons. The van der Waals surface area contributed by atoms with E-state index in [0.29, 0.717) is 0 Å². The van der Waals surface area contributed by atoms with Crippen LogP contribution < -0.4 is 5.32 Å². The highest BCUT2D eigenvalue weighted by Gasteiger charge is 2.19. The molecule has 1 saturated carbocycles. The molecule has 0 heterocycles. The normalized spacial score (nSPS) is 28.2. The van der Waals surface area contributed by atoms with Gasteiger partial charge in [0.05, 0.1) is 0 Å². The van der Waals surface area contributed by atoms with Gasteiger partial charge in [-0.2, -0.15) is 0 Å². The van der Waals surface area contributed by atoms with E-state index in [-0.39, 0.29) is 0 Å². The third kappa shape index (κ3) is 4.66. The van der Waals surface area contributed by atoms with Crippen LogP contribution in [0.2, 0.25) is 0 Å². The van der Waals surface area contributed by atoms with Crippen molar-refractivity contribution in [2.24, 2.45) is 5.92 Å². The van der Waals surface area contributed by atoms with Crippen molar-refractivity contribution in [1.29, 1.82) is 0 Å². The summed E-state index contributed by atoms with van der Waals surface area (Å²) in [6.45, 7) is 5.89. The zero-order valence-electron chi connectivity index (χ0n) is 9.31. The minimum Gasteiger partial charge on any atom is -0.314 e. The molecule has 0 aromatic carbocycles. The Morgan fingerprint density at radius 3 is 2.62 bits per heavy atom. The Kier molecular flexibility index (Phi) is 5.45. The van der Waals surface area contributed by atoms with Gasteiger partial charge in [-0.05, 0) is 38.1 Å². The largest absolute Gasteiger partial charge is 0.314 e. The first-order chi connectivity index (χ1) is 6.33. The van der Waals surface area contributed by atoms with Crippen LogP contribution in [0.25, 0.3) is 0 Å². The molecule has 1 rings (SSSR count). The van der Waals surface area contributed by atoms with Gasteiger partial charge in [0.25, 0.3) is 0 Å². The minimum atomic E-state index is 0.844. The fourth-order valence-corrected chi connectivity index (χ4v) is 2.25. The van der Waals surface area contributed by atoms with E-state index in [4.69, 9.17) is 0 Å². The molecule has 1 N–H and O–H groups in total. The molecule has 13 heavy (non-hydrogen) atoms. The molecule has 2 atom stereocenters. The number of hydrogen-bond acceptors (Lipinski definition) is 1. The van der Waals surface area contributed by atoms with E-state index in [2.05, 4.69) is 19.2 Å². The molecule has 0 spiro atoms. The van der Waals surface area contributed by atoms with Gasteiger partial charge in [-0.15, -0.1) is 0 Å². The standard InChI is InChI=1S/C12H25N/c1-3-4-5-6-9-13-12-8-7-11(2)10-12/h11-13H,3-10H2,1-2H3/t11-,12+/m0/s1. The lowest BCUT2D eigenvalue weighted by molar-refractivity contribution is 0.486. The van der Waals surface area contributed by atoms with Gasteiger partial charge in [-0.25, -0.2) is 0 Å². The van der Waals surface area contributed by atoms with Crippen molar-refractivity contribution in [3.05, 3.63) is 0 Å². The quantitative estimate of drug-likeness (QED) is 0.623. The fraction of sp³-hybridized carbons (Fsp3) is 1.00. The van der Waals surface area contributed by atoms with Crippen molar-refractivity contribution >= 4 is 0 Å². The molecule has 0 amide bonds. The van der Waals surface area contributed by atoms with Gasteiger partial charge in [-0.1, -0.05) is 33.1 Å². The van der Waals surface area contributed by atoms with Crippen LogP contribution in [0, 0.1) is 5.92 Å². The molecule has 0 aliphatic heterocycles. The van der Waals surface area contributed by atoms with Crippen molar-refractivity contribution < 1.29 is 0 Å². The van der Waals surface area contributed by atoms with Crippen LogP contribution in [-0.4, -0.2) is 12.6 Å². The molecular weight excluding hydrogens is 158 g/mol. The van der Waals surface area contributed by atoms with Crippen LogP contribution in [0.1, 0.15) is 58.8 Å². The first-order valence-corrected chi connectivity index (χ1v) is 6.06. The van der Waals surface area contributed by atoms with Gasteiger partial charge < -0.3 is 5.32 Å². The summed E-state index contributed by atoms with van der Waals surface area (Å²) in [5, 5.41) is 3.67. The van der Waals surface area contributed by atoms with Gasteiger partial charge in [0.1, 0.15) is 0 Å². The molecule has 0 aromatic heterocycles. The highest BCUT2D eigenvalue weighted by Crippen LogP contribution is 2.24. The topological polar surface area (TPSA) is 12.0 Å². The fourth-order valence-electron chi connectivity index (χ4n) is 2.25. The van der Waals surface area contributed by atoms with Crippen LogP contribution >= 0.6 is 0 Å². The van der Waals surface area contributed by atoms with E-state index in [9.17, 15) is 0 Å². The lowest BCUT2D eigenvalue weighted by Crippen LogP contribution is -2.27. The van der Waals surface area contributed by atoms with Crippen LogP contribution in [0.3, 0.4) is 0 Å². The van der Waals surface area contributed by atoms with Gasteiger partial charge in [0, 0.05) is 6.04 Å². The maximum atomic E-state index is 3.67. The van der Waals surface area contributed by atoms with Gasteiger partial charge in [0.2, 0.25) is 0 Å². The SMILES string of the molecule is CCCCCCN[C@@H]1CC[C@H](C)C1. The molecule has 1 aliphatic rings. The summed E-state index contributed by atoms with van der Waals surface area (Å²) in [7, 11) is 0. The van der Waals surface area contributed by atoms with E-state index in [1.807, 2.05) is 0 Å². The summed E-state index contributed by atoms with van der Waals surface area (Å²) in [5.41, 5.74) is 0. The van der Waals surface area contributed by atoms with Crippen LogP contribution in [0.5, 0.6) is 0 Å². The second-order valence-electron chi connectivity index (χ2n) is 4.63. The molecule has 0 bridgehead atoms. The molecule has 0 saturated heterocycles. The Morgan fingerprint density at radius 2 is 2.00 bits per heavy atom. The first kappa shape index (κ1) is 11.0. The zero-order chi connectivity index (χ0) is 9.52. The van der Waals surface area contributed by atoms with Gasteiger partial charge in [0.15, 0.2) is 0 Å². The van der Waals surface area contributed by atoms with Crippen LogP contribution in [0.15, 0.2) is 0 Å². The monoisotopic (exact) mass is 183 g/mol. The molecule has 0 radical (unpaired) electrons. The van der Waals surface area contributed by atoms with Gasteiger partial charge >= 0.3 is 0 Å². The third-order valence-corrected chi connectivity index (χ3v) is 3.16. The van der Waals surface area contributed by atoms with E-state index >= 15 is 0 Å². The third-order valence-electron chi connectivity index (χ3n) is 3.16. The van der Waals surface area contributed by atoms with Crippen molar-refractivity contribution in [1.82, 2.24) is 5.32 Å². The molecule has 0 aromatic rings. The highest BCUT2D eigenvalue weighted by atomic mass is 14.9. The second kappa shape index (κ2) is 6.42. The van der Waals surface area contributed by atoms with Crippen molar-refractivity contribution in [2.75, 3.05) is 6.54 Å². The number of rotatable bonds is 6. The van der Waals surface area contributed by atoms with Crippen molar-refractivity contribution in [3.63, 3.8) is 0 Å². The minimum absolute atomic E-state index is 0.844. The molecule has 1 heteroatoms. The Balaban J connectivity index is 1.88. The lowest BCUT2D eigenvalue weighted by atomic mass is 10.1. The summed E-state index contributed by atoms with van der Waals surface area (Å²) >= 11 is 0. The van der Waals surface area contributed by atoms with Crippen LogP contribution in [0.4, 0.5) is 0 Å². The van der Waals surface area contributed by atoms with Crippen molar-refractivity contribution in [3.8, 4) is 0 Å². The number of nitrogens with one attached hydrogen (secondary N) is 1. The summed E-state index contributed by atoms with van der Waals surface area (Å²) in [5.74, 6) is 0.966. The summed E-state index contributed by atoms with van der Waals surface area (Å²) < 4.78 is 0. The van der Waals surface area contributed by atoms with E-state index in [1.165, 1.54) is 51.5 Å². The average Bonchev–Trinajstić information content (AvgIpc) is 2.51. The van der Waals surface area contributed by atoms with E-state index in [1.54, 1.807) is 0 Å². The Morgan fingerprint density at radius 1 is 1.15 bits per heavy atom. The number of unbranched alkanes of at least 4 members (excludes halogenated alkanes) is 3. The lowest BCUT2D eigenvalue weighted by Gasteiger charge is -2.11. The summed E-state index contributed by atoms with van der Waals surface area (Å²) in [6, 6.07) is 0.844. The zero-order valence-corrected chi connectivity index (χ0v) is 9.31. The molecule has 1 aliphatic carbocycles. The Labute approximate surface area is 83.3 Å². The molecule has 0 unspecified atom stereocenters.